The number of unbranched alkanes of at least 4 members (excludes halogenated alkanes) is 4. The van der Waals surface area contributed by atoms with Crippen LogP contribution in [0.2, 0.25) is 6.55 Å². The van der Waals surface area contributed by atoms with Crippen LogP contribution in [-0.2, 0) is 0 Å². The monoisotopic (exact) mass is 244 g/mol. The third kappa shape index (κ3) is 10.3. The maximum Gasteiger partial charge on any atom is 0.199 e. The Bertz CT molecular complexity index is 175. The highest BCUT2D eigenvalue weighted by Gasteiger charge is 2.15. The quantitative estimate of drug-likeness (QED) is 0.306. The van der Waals surface area contributed by atoms with Gasteiger partial charge in [-0.15, -0.1) is 0 Å². The second-order valence-electron chi connectivity index (χ2n) is 4.24. The molecule has 0 aromatic heterocycles. The van der Waals surface area contributed by atoms with E-state index >= 15 is 0 Å². The van der Waals surface area contributed by atoms with Crippen LogP contribution in [0.1, 0.15) is 52.4 Å². The summed E-state index contributed by atoms with van der Waals surface area (Å²) in [4.78, 5) is 0. The molecule has 0 rings (SSSR count). The molecule has 0 heterocycles. The number of hydrogen-bond acceptors (Lipinski definition) is 0. The maximum absolute atomic E-state index is 6.46. The predicted molar refractivity (Wildman–Crippen MR) is 74.8 cm³/mol. The Balaban J connectivity index is 3.83. The van der Waals surface area contributed by atoms with Crippen molar-refractivity contribution in [3.8, 4) is 0 Å². The van der Waals surface area contributed by atoms with Crippen molar-refractivity contribution in [3.63, 3.8) is 0 Å². The third-order valence-electron chi connectivity index (χ3n) is 2.34. The van der Waals surface area contributed by atoms with Gasteiger partial charge in [0.15, 0.2) is 7.38 Å². The average Bonchev–Trinajstić information content (AvgIpc) is 2.20. The summed E-state index contributed by atoms with van der Waals surface area (Å²) >= 11 is 6.46. The summed E-state index contributed by atoms with van der Waals surface area (Å²) in [5.41, 5.74) is 4.49. The smallest absolute Gasteiger partial charge is 0.156 e. The van der Waals surface area contributed by atoms with E-state index in [0.29, 0.717) is 0 Å². The molecule has 0 spiro atoms. The first kappa shape index (κ1) is 15.0. The van der Waals surface area contributed by atoms with Gasteiger partial charge in [-0.3, -0.25) is 0 Å². The van der Waals surface area contributed by atoms with Gasteiger partial charge < -0.3 is 0 Å². The lowest BCUT2D eigenvalue weighted by Gasteiger charge is -2.07. The van der Waals surface area contributed by atoms with Gasteiger partial charge in [0.05, 0.1) is 0 Å². The largest absolute Gasteiger partial charge is 0.199 e. The fourth-order valence-corrected chi connectivity index (χ4v) is 3.23. The van der Waals surface area contributed by atoms with Crippen LogP contribution in [0.15, 0.2) is 23.6 Å². The Morgan fingerprint density at radius 1 is 0.933 bits per heavy atom. The molecule has 15 heavy (non-hydrogen) atoms. The lowest BCUT2D eigenvalue weighted by atomic mass is 10.2. The van der Waals surface area contributed by atoms with E-state index < -0.39 is 7.38 Å². The average molecular weight is 245 g/mol. The minimum atomic E-state index is -1.69. The number of rotatable bonds is 8. The summed E-state index contributed by atoms with van der Waals surface area (Å²) in [5, 5.41) is 0. The normalized spacial score (nSPS) is 16.3. The van der Waals surface area contributed by atoms with E-state index in [2.05, 4.69) is 43.9 Å². The fraction of sp³-hybridized carbons (Fsp3) is 0.692. The molecule has 0 bridgehead atoms. The van der Waals surface area contributed by atoms with Crippen molar-refractivity contribution in [3.05, 3.63) is 23.6 Å². The van der Waals surface area contributed by atoms with E-state index in [4.69, 9.17) is 11.1 Å². The van der Waals surface area contributed by atoms with Crippen LogP contribution in [0.25, 0.3) is 0 Å². The topological polar surface area (TPSA) is 0 Å². The Kier molecular flexibility index (Phi) is 9.22. The zero-order valence-electron chi connectivity index (χ0n) is 10.4. The molecular formula is C13H25ClSi. The highest BCUT2D eigenvalue weighted by atomic mass is 35.6. The molecule has 0 aliphatic carbocycles. The molecule has 0 radical (unpaired) electrons. The zero-order chi connectivity index (χ0) is 11.6. The summed E-state index contributed by atoms with van der Waals surface area (Å²) in [6.07, 6.45) is 11.9. The van der Waals surface area contributed by atoms with Gasteiger partial charge in [0.2, 0.25) is 0 Å². The summed E-state index contributed by atoms with van der Waals surface area (Å²) in [6.45, 7) is 6.62. The first-order chi connectivity index (χ1) is 7.12. The molecular weight excluding hydrogens is 220 g/mol. The Morgan fingerprint density at radius 3 is 1.67 bits per heavy atom. The van der Waals surface area contributed by atoms with E-state index in [1.807, 2.05) is 0 Å². The minimum absolute atomic E-state index is 1.18. The van der Waals surface area contributed by atoms with Crippen LogP contribution in [0, 0.1) is 0 Å². The minimum Gasteiger partial charge on any atom is -0.156 e. The van der Waals surface area contributed by atoms with Crippen LogP contribution < -0.4 is 0 Å². The van der Waals surface area contributed by atoms with Gasteiger partial charge in [-0.2, -0.15) is 11.1 Å². The molecule has 0 aliphatic rings. The van der Waals surface area contributed by atoms with E-state index in [1.54, 1.807) is 0 Å². The van der Waals surface area contributed by atoms with E-state index in [9.17, 15) is 0 Å². The molecule has 0 nitrogen and oxygen atoms in total. The molecule has 0 fully saturated rings. The SMILES string of the molecule is CCCCC=C[Si](C)(Cl)C=CCCCC. The van der Waals surface area contributed by atoms with Crippen molar-refractivity contribution in [1.82, 2.24) is 0 Å². The first-order valence-corrected chi connectivity index (χ1v) is 9.83. The van der Waals surface area contributed by atoms with Crippen LogP contribution >= 0.6 is 11.1 Å². The number of halogens is 1. The highest BCUT2D eigenvalue weighted by molar-refractivity contribution is 7.25. The van der Waals surface area contributed by atoms with Crippen LogP contribution in [0.4, 0.5) is 0 Å². The fourth-order valence-electron chi connectivity index (χ4n) is 1.33. The van der Waals surface area contributed by atoms with Gasteiger partial charge in [0, 0.05) is 0 Å². The number of allylic oxidation sites excluding steroid dienone is 2. The molecule has 0 unspecified atom stereocenters. The van der Waals surface area contributed by atoms with Gasteiger partial charge in [-0.25, -0.2) is 0 Å². The van der Waals surface area contributed by atoms with Crippen molar-refractivity contribution in [2.45, 2.75) is 58.9 Å². The van der Waals surface area contributed by atoms with Gasteiger partial charge in [-0.1, -0.05) is 63.1 Å². The van der Waals surface area contributed by atoms with Crippen molar-refractivity contribution in [1.29, 1.82) is 0 Å². The third-order valence-corrected chi connectivity index (χ3v) is 4.87. The summed E-state index contributed by atoms with van der Waals surface area (Å²) in [5.74, 6) is 0. The van der Waals surface area contributed by atoms with Crippen molar-refractivity contribution < 1.29 is 0 Å². The second kappa shape index (κ2) is 9.23. The summed E-state index contributed by atoms with van der Waals surface area (Å²) < 4.78 is 0. The lowest BCUT2D eigenvalue weighted by molar-refractivity contribution is 0.814. The molecule has 88 valence electrons. The second-order valence-corrected chi connectivity index (χ2v) is 9.65. The van der Waals surface area contributed by atoms with Gasteiger partial charge in [0.1, 0.15) is 0 Å². The van der Waals surface area contributed by atoms with Crippen molar-refractivity contribution in [2.75, 3.05) is 0 Å². The van der Waals surface area contributed by atoms with Crippen molar-refractivity contribution in [2.24, 2.45) is 0 Å². The molecule has 0 amide bonds. The standard InChI is InChI=1S/C13H25ClSi/c1-4-6-8-10-12-15(3,14)13-11-9-7-5-2/h10-13H,4-9H2,1-3H3. The predicted octanol–water partition coefficient (Wildman–Crippen LogP) is 5.37. The van der Waals surface area contributed by atoms with Crippen LogP contribution in [0.3, 0.4) is 0 Å². The molecule has 2 heteroatoms. The van der Waals surface area contributed by atoms with Crippen LogP contribution in [0.5, 0.6) is 0 Å². The molecule has 0 aliphatic heterocycles. The van der Waals surface area contributed by atoms with E-state index in [-0.39, 0.29) is 0 Å². The molecule has 0 saturated heterocycles. The van der Waals surface area contributed by atoms with Gasteiger partial charge >= 0.3 is 0 Å². The Hall–Kier alpha value is -0.0131. The molecule has 0 atom stereocenters. The molecule has 0 aromatic rings. The Labute approximate surface area is 101 Å². The summed E-state index contributed by atoms with van der Waals surface area (Å²) in [6, 6.07) is 0. The maximum atomic E-state index is 6.46. The summed E-state index contributed by atoms with van der Waals surface area (Å²) in [7, 11) is -1.69. The van der Waals surface area contributed by atoms with E-state index in [0.717, 1.165) is 0 Å². The van der Waals surface area contributed by atoms with Gasteiger partial charge in [-0.05, 0) is 19.4 Å². The highest BCUT2D eigenvalue weighted by Crippen LogP contribution is 2.14. The molecule has 0 aromatic carbocycles. The van der Waals surface area contributed by atoms with Crippen LogP contribution in [-0.4, -0.2) is 7.38 Å². The van der Waals surface area contributed by atoms with E-state index in [1.165, 1.54) is 38.5 Å². The lowest BCUT2D eigenvalue weighted by Crippen LogP contribution is -2.15. The molecule has 0 N–H and O–H groups in total. The zero-order valence-corrected chi connectivity index (χ0v) is 12.2. The first-order valence-electron chi connectivity index (χ1n) is 6.16. The number of hydrogen-bond donors (Lipinski definition) is 0. The van der Waals surface area contributed by atoms with Gasteiger partial charge in [0.25, 0.3) is 0 Å². The Morgan fingerprint density at radius 2 is 1.33 bits per heavy atom. The molecule has 0 saturated carbocycles. The van der Waals surface area contributed by atoms with Crippen molar-refractivity contribution >= 4 is 18.5 Å².